The molecule has 0 atom stereocenters. The summed E-state index contributed by atoms with van der Waals surface area (Å²) >= 11 is 0. The summed E-state index contributed by atoms with van der Waals surface area (Å²) in [5.41, 5.74) is -1.72. The van der Waals surface area contributed by atoms with Crippen LogP contribution in [0.3, 0.4) is 0 Å². The van der Waals surface area contributed by atoms with Gasteiger partial charge in [0.05, 0.1) is 12.1 Å². The molecule has 1 aliphatic carbocycles. The van der Waals surface area contributed by atoms with Crippen molar-refractivity contribution in [3.63, 3.8) is 0 Å². The molecular weight excluding hydrogens is 182 g/mol. The molecule has 0 aromatic carbocycles. The molecular formula is C10H19NO3. The van der Waals surface area contributed by atoms with E-state index in [1.54, 1.807) is 20.8 Å². The quantitative estimate of drug-likeness (QED) is 0.739. The summed E-state index contributed by atoms with van der Waals surface area (Å²) in [7, 11) is 0. The van der Waals surface area contributed by atoms with Gasteiger partial charge in [0, 0.05) is 11.1 Å². The lowest BCUT2D eigenvalue weighted by atomic mass is 10.2. The molecule has 0 unspecified atom stereocenters. The van der Waals surface area contributed by atoms with Crippen LogP contribution in [0.4, 0.5) is 4.79 Å². The van der Waals surface area contributed by atoms with Crippen molar-refractivity contribution in [2.75, 3.05) is 13.6 Å². The van der Waals surface area contributed by atoms with Crippen molar-refractivity contribution in [3.05, 3.63) is 0 Å². The number of aliphatic hydroxyl groups is 1. The Bertz CT molecular complexity index is 305. The third kappa shape index (κ3) is 2.38. The molecule has 0 radical (unpaired) electrons. The van der Waals surface area contributed by atoms with Gasteiger partial charge in [-0.2, -0.15) is 0 Å². The van der Waals surface area contributed by atoms with Gasteiger partial charge < -0.3 is 14.7 Å². The number of nitrogens with zero attached hydrogens (tertiary/aromatic N) is 1. The van der Waals surface area contributed by atoms with E-state index in [4.69, 9.17) is 8.85 Å². The molecule has 0 bridgehead atoms. The van der Waals surface area contributed by atoms with Crippen LogP contribution in [0.2, 0.25) is 0 Å². The van der Waals surface area contributed by atoms with Gasteiger partial charge in [-0.3, -0.25) is 0 Å². The number of carbonyl (C=O) groups excluding carboxylic acids is 1. The smallest absolute Gasteiger partial charge is 0.410 e. The fourth-order valence-corrected chi connectivity index (χ4v) is 1.10. The Morgan fingerprint density at radius 2 is 2.21 bits per heavy atom. The number of ether oxygens (including phenoxy) is 1. The SMILES string of the molecule is [2H]C([2H])([2H])N(C(=O)OC(C)(C)C)C1(CO)CC1. The molecule has 1 N–H and O–H groups in total. The molecule has 0 aromatic rings. The molecule has 4 heteroatoms. The summed E-state index contributed by atoms with van der Waals surface area (Å²) in [6.45, 7) is 2.05. The highest BCUT2D eigenvalue weighted by Crippen LogP contribution is 2.40. The minimum absolute atomic E-state index is 0.357. The van der Waals surface area contributed by atoms with Gasteiger partial charge in [0.25, 0.3) is 0 Å². The molecule has 0 saturated heterocycles. The highest BCUT2D eigenvalue weighted by atomic mass is 16.6. The van der Waals surface area contributed by atoms with Gasteiger partial charge in [-0.15, -0.1) is 0 Å². The summed E-state index contributed by atoms with van der Waals surface area (Å²) in [6.07, 6.45) is 0.0754. The Hall–Kier alpha value is -0.770. The molecule has 0 aromatic heterocycles. The van der Waals surface area contributed by atoms with Crippen molar-refractivity contribution >= 4 is 6.09 Å². The second-order valence-electron chi connectivity index (χ2n) is 4.70. The van der Waals surface area contributed by atoms with E-state index in [0.29, 0.717) is 17.7 Å². The van der Waals surface area contributed by atoms with Crippen LogP contribution in [0, 0.1) is 0 Å². The van der Waals surface area contributed by atoms with Crippen LogP contribution < -0.4 is 0 Å². The second kappa shape index (κ2) is 3.42. The Kier molecular flexibility index (Phi) is 1.84. The summed E-state index contributed by atoms with van der Waals surface area (Å²) in [4.78, 5) is 12.6. The van der Waals surface area contributed by atoms with Crippen molar-refractivity contribution < 1.29 is 18.8 Å². The molecule has 1 rings (SSSR count). The first-order chi connectivity index (χ1) is 7.52. The molecule has 14 heavy (non-hydrogen) atoms. The summed E-state index contributed by atoms with van der Waals surface area (Å²) < 4.78 is 27.2. The van der Waals surface area contributed by atoms with Gasteiger partial charge in [-0.05, 0) is 33.6 Å². The van der Waals surface area contributed by atoms with E-state index < -0.39 is 24.2 Å². The van der Waals surface area contributed by atoms with E-state index in [9.17, 15) is 9.90 Å². The summed E-state index contributed by atoms with van der Waals surface area (Å²) in [5, 5.41) is 9.24. The molecule has 4 nitrogen and oxygen atoms in total. The van der Waals surface area contributed by atoms with Gasteiger partial charge in [0.2, 0.25) is 0 Å². The van der Waals surface area contributed by atoms with Gasteiger partial charge >= 0.3 is 6.09 Å². The Morgan fingerprint density at radius 1 is 1.64 bits per heavy atom. The number of rotatable bonds is 2. The maximum absolute atomic E-state index is 11.9. The Balaban J connectivity index is 2.90. The zero-order valence-corrected chi connectivity index (χ0v) is 8.83. The highest BCUT2D eigenvalue weighted by molar-refractivity contribution is 5.69. The number of amides is 1. The Labute approximate surface area is 89.1 Å². The van der Waals surface area contributed by atoms with Crippen molar-refractivity contribution in [1.29, 1.82) is 0 Å². The highest BCUT2D eigenvalue weighted by Gasteiger charge is 2.49. The first-order valence-corrected chi connectivity index (χ1v) is 4.66. The van der Waals surface area contributed by atoms with Crippen molar-refractivity contribution in [2.24, 2.45) is 0 Å². The van der Waals surface area contributed by atoms with Gasteiger partial charge in [0.1, 0.15) is 5.60 Å². The van der Waals surface area contributed by atoms with Crippen LogP contribution >= 0.6 is 0 Å². The maximum Gasteiger partial charge on any atom is 0.410 e. The van der Waals surface area contributed by atoms with E-state index in [2.05, 4.69) is 0 Å². The minimum Gasteiger partial charge on any atom is -0.444 e. The first kappa shape index (κ1) is 7.51. The minimum atomic E-state index is -2.60. The van der Waals surface area contributed by atoms with E-state index >= 15 is 0 Å². The molecule has 1 saturated carbocycles. The lowest BCUT2D eigenvalue weighted by Crippen LogP contribution is -2.44. The zero-order valence-electron chi connectivity index (χ0n) is 11.8. The summed E-state index contributed by atoms with van der Waals surface area (Å²) in [6, 6.07) is 0. The third-order valence-corrected chi connectivity index (χ3v) is 2.17. The molecule has 0 heterocycles. The second-order valence-corrected chi connectivity index (χ2v) is 4.70. The van der Waals surface area contributed by atoms with Crippen molar-refractivity contribution in [3.8, 4) is 0 Å². The largest absolute Gasteiger partial charge is 0.444 e. The number of carbonyl (C=O) groups is 1. The van der Waals surface area contributed by atoms with Crippen LogP contribution in [0.1, 0.15) is 37.7 Å². The predicted molar refractivity (Wildman–Crippen MR) is 53.0 cm³/mol. The van der Waals surface area contributed by atoms with E-state index in [-0.39, 0.29) is 6.61 Å². The lowest BCUT2D eigenvalue weighted by Gasteiger charge is -2.29. The molecule has 0 spiro atoms. The lowest BCUT2D eigenvalue weighted by molar-refractivity contribution is 0.0123. The van der Waals surface area contributed by atoms with Crippen LogP contribution in [-0.2, 0) is 4.74 Å². The van der Waals surface area contributed by atoms with Crippen molar-refractivity contribution in [1.82, 2.24) is 4.90 Å². The average Bonchev–Trinajstić information content (AvgIpc) is 2.79. The molecule has 82 valence electrons. The average molecular weight is 204 g/mol. The van der Waals surface area contributed by atoms with Crippen LogP contribution in [0.5, 0.6) is 0 Å². The monoisotopic (exact) mass is 204 g/mol. The van der Waals surface area contributed by atoms with E-state index in [1.165, 1.54) is 0 Å². The topological polar surface area (TPSA) is 49.8 Å². The predicted octanol–water partition coefficient (Wildman–Crippen LogP) is 1.38. The molecule has 1 amide bonds. The van der Waals surface area contributed by atoms with E-state index in [0.717, 1.165) is 0 Å². The van der Waals surface area contributed by atoms with E-state index in [1.807, 2.05) is 0 Å². The number of aliphatic hydroxyl groups excluding tert-OH is 1. The zero-order chi connectivity index (χ0) is 13.5. The fourth-order valence-electron chi connectivity index (χ4n) is 1.10. The number of hydrogen-bond donors (Lipinski definition) is 1. The summed E-state index contributed by atoms with van der Waals surface area (Å²) in [5.74, 6) is 0. The van der Waals surface area contributed by atoms with Gasteiger partial charge in [-0.25, -0.2) is 4.79 Å². The first-order valence-electron chi connectivity index (χ1n) is 6.16. The van der Waals surface area contributed by atoms with Gasteiger partial charge in [-0.1, -0.05) is 0 Å². The third-order valence-electron chi connectivity index (χ3n) is 2.17. The number of likely N-dealkylation sites (N-methyl/N-ethyl adjacent to an activating group) is 1. The van der Waals surface area contributed by atoms with Crippen LogP contribution in [-0.4, -0.2) is 40.8 Å². The molecule has 0 aliphatic heterocycles. The Morgan fingerprint density at radius 3 is 2.50 bits per heavy atom. The molecule has 1 aliphatic rings. The molecule has 1 fully saturated rings. The van der Waals surface area contributed by atoms with Gasteiger partial charge in [0.15, 0.2) is 0 Å². The fraction of sp³-hybridized carbons (Fsp3) is 0.900. The van der Waals surface area contributed by atoms with Crippen molar-refractivity contribution in [2.45, 2.75) is 44.8 Å². The maximum atomic E-state index is 11.9. The normalized spacial score (nSPS) is 23.0. The van der Waals surface area contributed by atoms with Crippen LogP contribution in [0.25, 0.3) is 0 Å². The standard InChI is InChI=1S/C10H19NO3/c1-9(2,3)14-8(13)11(4)10(7-12)5-6-10/h12H,5-7H2,1-4H3/i4D3. The van der Waals surface area contributed by atoms with Crippen LogP contribution in [0.15, 0.2) is 0 Å². The number of hydrogen-bond acceptors (Lipinski definition) is 3.